The average molecular weight is 283 g/mol. The van der Waals surface area contributed by atoms with E-state index >= 15 is 0 Å². The minimum absolute atomic E-state index is 0.124. The fourth-order valence-electron chi connectivity index (χ4n) is 1.91. The van der Waals surface area contributed by atoms with Crippen molar-refractivity contribution in [3.63, 3.8) is 0 Å². The number of rotatable bonds is 3. The van der Waals surface area contributed by atoms with E-state index in [0.29, 0.717) is 0 Å². The Morgan fingerprint density at radius 2 is 2.35 bits per heavy atom. The molecule has 8 heteroatoms. The summed E-state index contributed by atoms with van der Waals surface area (Å²) in [5.41, 5.74) is 4.34. The second kappa shape index (κ2) is 5.14. The van der Waals surface area contributed by atoms with E-state index in [1.807, 2.05) is 0 Å². The first kappa shape index (κ1) is 14.4. The van der Waals surface area contributed by atoms with Gasteiger partial charge in [-0.05, 0) is 13.0 Å². The number of anilines is 1. The Balaban J connectivity index is 2.18. The predicted octanol–water partition coefficient (Wildman–Crippen LogP) is 1.04. The number of nitrogens with two attached hydrogens (primary N) is 1. The number of benzene rings is 1. The van der Waals surface area contributed by atoms with Crippen molar-refractivity contribution in [3.05, 3.63) is 34.1 Å². The summed E-state index contributed by atoms with van der Waals surface area (Å²) < 4.78 is 18.8. The highest BCUT2D eigenvalue weighted by molar-refractivity contribution is 5.96. The zero-order valence-corrected chi connectivity index (χ0v) is 10.8. The van der Waals surface area contributed by atoms with Crippen LogP contribution < -0.4 is 11.1 Å². The normalized spacial score (nSPS) is 25.4. The third-order valence-corrected chi connectivity index (χ3v) is 3.45. The van der Waals surface area contributed by atoms with E-state index in [-0.39, 0.29) is 24.6 Å². The number of nitrogens with zero attached hydrogens (tertiary/aromatic N) is 1. The summed E-state index contributed by atoms with van der Waals surface area (Å²) in [5.74, 6) is -1.35. The van der Waals surface area contributed by atoms with Crippen LogP contribution in [-0.2, 0) is 9.53 Å². The number of non-ortho nitro benzene ring substituents is 1. The van der Waals surface area contributed by atoms with E-state index in [1.165, 1.54) is 0 Å². The Bertz CT molecular complexity index is 566. The predicted molar refractivity (Wildman–Crippen MR) is 68.6 cm³/mol. The summed E-state index contributed by atoms with van der Waals surface area (Å²) in [6.45, 7) is 2.03. The molecule has 1 heterocycles. The lowest BCUT2D eigenvalue weighted by Crippen LogP contribution is -2.47. The van der Waals surface area contributed by atoms with Crippen LogP contribution in [0.2, 0.25) is 0 Å². The fraction of sp³-hybridized carbons (Fsp3) is 0.417. The third-order valence-electron chi connectivity index (χ3n) is 3.45. The van der Waals surface area contributed by atoms with Crippen LogP contribution in [0, 0.1) is 21.3 Å². The lowest BCUT2D eigenvalue weighted by Gasteiger charge is -2.25. The molecule has 1 saturated heterocycles. The number of hydrogen-bond donors (Lipinski definition) is 2. The molecule has 3 N–H and O–H groups in total. The first-order valence-electron chi connectivity index (χ1n) is 5.93. The first-order valence-corrected chi connectivity index (χ1v) is 5.93. The molecule has 0 bridgehead atoms. The highest BCUT2D eigenvalue weighted by Gasteiger charge is 2.44. The van der Waals surface area contributed by atoms with E-state index in [4.69, 9.17) is 10.5 Å². The zero-order chi connectivity index (χ0) is 14.9. The molecule has 1 aliphatic heterocycles. The summed E-state index contributed by atoms with van der Waals surface area (Å²) in [6.07, 6.45) is 0. The molecule has 1 aromatic rings. The van der Waals surface area contributed by atoms with Gasteiger partial charge >= 0.3 is 0 Å². The van der Waals surface area contributed by atoms with Crippen LogP contribution in [-0.4, -0.2) is 30.1 Å². The second-order valence-electron chi connectivity index (χ2n) is 4.91. The van der Waals surface area contributed by atoms with Crippen LogP contribution in [0.3, 0.4) is 0 Å². The van der Waals surface area contributed by atoms with Crippen molar-refractivity contribution < 1.29 is 18.8 Å². The van der Waals surface area contributed by atoms with E-state index in [0.717, 1.165) is 18.2 Å². The van der Waals surface area contributed by atoms with Gasteiger partial charge in [0.05, 0.1) is 35.3 Å². The zero-order valence-electron chi connectivity index (χ0n) is 10.8. The van der Waals surface area contributed by atoms with Gasteiger partial charge < -0.3 is 15.8 Å². The molecule has 1 amide bonds. The third kappa shape index (κ3) is 2.47. The minimum Gasteiger partial charge on any atom is -0.379 e. The Hall–Kier alpha value is -2.06. The van der Waals surface area contributed by atoms with Gasteiger partial charge in [-0.25, -0.2) is 4.39 Å². The Labute approximate surface area is 114 Å². The molecule has 1 fully saturated rings. The quantitative estimate of drug-likeness (QED) is 0.636. The van der Waals surface area contributed by atoms with E-state index < -0.39 is 28.1 Å². The van der Waals surface area contributed by atoms with Crippen molar-refractivity contribution in [1.29, 1.82) is 0 Å². The van der Waals surface area contributed by atoms with E-state index in [1.54, 1.807) is 6.92 Å². The number of ether oxygens (including phenoxy) is 1. The molecule has 108 valence electrons. The number of carbonyl (C=O) groups excluding carboxylic acids is 1. The van der Waals surface area contributed by atoms with Crippen LogP contribution >= 0.6 is 0 Å². The summed E-state index contributed by atoms with van der Waals surface area (Å²) in [4.78, 5) is 21.9. The van der Waals surface area contributed by atoms with Crippen molar-refractivity contribution in [2.75, 3.05) is 18.5 Å². The van der Waals surface area contributed by atoms with Crippen LogP contribution in [0.25, 0.3) is 0 Å². The lowest BCUT2D eigenvalue weighted by atomic mass is 9.85. The highest BCUT2D eigenvalue weighted by Crippen LogP contribution is 2.29. The monoisotopic (exact) mass is 283 g/mol. The van der Waals surface area contributed by atoms with Crippen molar-refractivity contribution in [2.24, 2.45) is 11.1 Å². The fourth-order valence-corrected chi connectivity index (χ4v) is 1.91. The van der Waals surface area contributed by atoms with Crippen molar-refractivity contribution in [3.8, 4) is 0 Å². The van der Waals surface area contributed by atoms with Gasteiger partial charge in [-0.2, -0.15) is 0 Å². The Morgan fingerprint density at radius 3 is 2.85 bits per heavy atom. The summed E-state index contributed by atoms with van der Waals surface area (Å²) >= 11 is 0. The van der Waals surface area contributed by atoms with Gasteiger partial charge in [-0.15, -0.1) is 0 Å². The molecule has 1 aliphatic rings. The molecule has 2 unspecified atom stereocenters. The maximum Gasteiger partial charge on any atom is 0.272 e. The summed E-state index contributed by atoms with van der Waals surface area (Å²) in [6, 6.07) is 2.54. The minimum atomic E-state index is -0.950. The lowest BCUT2D eigenvalue weighted by molar-refractivity contribution is -0.385. The molecular weight excluding hydrogens is 269 g/mol. The molecule has 0 radical (unpaired) electrons. The van der Waals surface area contributed by atoms with Gasteiger partial charge in [-0.1, -0.05) is 0 Å². The molecular formula is C12H14FN3O4. The second-order valence-corrected chi connectivity index (χ2v) is 4.91. The van der Waals surface area contributed by atoms with Crippen molar-refractivity contribution >= 4 is 17.3 Å². The maximum absolute atomic E-state index is 13.7. The molecule has 20 heavy (non-hydrogen) atoms. The van der Waals surface area contributed by atoms with Crippen LogP contribution in [0.4, 0.5) is 15.8 Å². The molecule has 0 aromatic heterocycles. The summed E-state index contributed by atoms with van der Waals surface area (Å²) in [5, 5.41) is 12.9. The molecule has 0 aliphatic carbocycles. The highest BCUT2D eigenvalue weighted by atomic mass is 19.1. The van der Waals surface area contributed by atoms with Crippen molar-refractivity contribution in [2.45, 2.75) is 13.0 Å². The maximum atomic E-state index is 13.7. The van der Waals surface area contributed by atoms with E-state index in [2.05, 4.69) is 5.32 Å². The number of hydrogen-bond acceptors (Lipinski definition) is 5. The van der Waals surface area contributed by atoms with Crippen molar-refractivity contribution in [1.82, 2.24) is 0 Å². The number of halogens is 1. The molecule has 2 atom stereocenters. The number of nitro benzene ring substituents is 1. The van der Waals surface area contributed by atoms with Gasteiger partial charge in [0, 0.05) is 12.1 Å². The largest absolute Gasteiger partial charge is 0.379 e. The number of nitrogens with one attached hydrogen (secondary N) is 1. The van der Waals surface area contributed by atoms with E-state index in [9.17, 15) is 19.3 Å². The molecule has 0 saturated carbocycles. The molecule has 1 aromatic carbocycles. The standard InChI is InChI=1S/C12H14FN3O4/c1-12(6-20-5-10(12)14)11(17)15-9-3-2-7(16(18)19)4-8(9)13/h2-4,10H,5-6,14H2,1H3,(H,15,17). The number of amides is 1. The average Bonchev–Trinajstić information content (AvgIpc) is 2.73. The topological polar surface area (TPSA) is 107 Å². The van der Waals surface area contributed by atoms with Gasteiger partial charge in [0.1, 0.15) is 0 Å². The molecule has 0 spiro atoms. The number of carbonyl (C=O) groups is 1. The van der Waals surface area contributed by atoms with Gasteiger partial charge in [0.25, 0.3) is 5.69 Å². The SMILES string of the molecule is CC1(C(=O)Nc2ccc([N+](=O)[O-])cc2F)COCC1N. The number of nitro groups is 1. The summed E-state index contributed by atoms with van der Waals surface area (Å²) in [7, 11) is 0. The smallest absolute Gasteiger partial charge is 0.272 e. The Kier molecular flexibility index (Phi) is 3.69. The van der Waals surface area contributed by atoms with Gasteiger partial charge in [0.15, 0.2) is 5.82 Å². The molecule has 7 nitrogen and oxygen atoms in total. The van der Waals surface area contributed by atoms with Crippen LogP contribution in [0.15, 0.2) is 18.2 Å². The van der Waals surface area contributed by atoms with Gasteiger partial charge in [0.2, 0.25) is 5.91 Å². The first-order chi connectivity index (χ1) is 9.34. The van der Waals surface area contributed by atoms with Gasteiger partial charge in [-0.3, -0.25) is 14.9 Å². The Morgan fingerprint density at radius 1 is 1.65 bits per heavy atom. The van der Waals surface area contributed by atoms with Crippen LogP contribution in [0.1, 0.15) is 6.92 Å². The van der Waals surface area contributed by atoms with Crippen LogP contribution in [0.5, 0.6) is 0 Å². The molecule has 2 rings (SSSR count).